The maximum absolute atomic E-state index is 10.3. The molecule has 0 spiro atoms. The number of rotatable bonds is 11. The van der Waals surface area contributed by atoms with Crippen molar-refractivity contribution in [2.75, 3.05) is 6.16 Å². The van der Waals surface area contributed by atoms with Gasteiger partial charge in [-0.3, -0.25) is 0 Å². The van der Waals surface area contributed by atoms with E-state index in [2.05, 4.69) is 6.92 Å². The second-order valence-corrected chi connectivity index (χ2v) is 6.19. The number of unbranched alkanes of at least 4 members (excludes halogenated alkanes) is 9. The molecule has 3 nitrogen and oxygen atoms in total. The standard InChI is InChI=1S/C12H27O3P.Cu/c1-2-3-4-5-6-7-8-9-10-11-12-16(13,14)15;/h2-12H2,1H3,(H2,13,14,15);/q;+2/p-2. The first-order valence-corrected chi connectivity index (χ1v) is 8.30. The van der Waals surface area contributed by atoms with Gasteiger partial charge in [0, 0.05) is 0 Å². The van der Waals surface area contributed by atoms with Crippen molar-refractivity contribution >= 4 is 7.60 Å². The van der Waals surface area contributed by atoms with E-state index < -0.39 is 7.60 Å². The van der Waals surface area contributed by atoms with Crippen molar-refractivity contribution in [1.82, 2.24) is 0 Å². The van der Waals surface area contributed by atoms with Crippen LogP contribution in [0, 0.1) is 0 Å². The van der Waals surface area contributed by atoms with E-state index in [4.69, 9.17) is 0 Å². The summed E-state index contributed by atoms with van der Waals surface area (Å²) in [7, 11) is -4.24. The van der Waals surface area contributed by atoms with Crippen molar-refractivity contribution in [1.29, 1.82) is 0 Å². The van der Waals surface area contributed by atoms with Crippen molar-refractivity contribution in [2.24, 2.45) is 0 Å². The van der Waals surface area contributed by atoms with E-state index in [1.165, 1.54) is 44.9 Å². The van der Waals surface area contributed by atoms with Crippen LogP contribution in [0.3, 0.4) is 0 Å². The maximum atomic E-state index is 10.3. The molecule has 0 atom stereocenters. The zero-order valence-electron chi connectivity index (χ0n) is 10.8. The van der Waals surface area contributed by atoms with Gasteiger partial charge in [-0.05, 0) is 12.6 Å². The monoisotopic (exact) mass is 311 g/mol. The fourth-order valence-corrected chi connectivity index (χ4v) is 2.40. The Morgan fingerprint density at radius 2 is 1.12 bits per heavy atom. The first-order valence-electron chi connectivity index (χ1n) is 6.57. The van der Waals surface area contributed by atoms with Crippen LogP contribution in [0.2, 0.25) is 0 Å². The second kappa shape index (κ2) is 13.1. The zero-order valence-corrected chi connectivity index (χ0v) is 12.6. The molecule has 0 fully saturated rings. The average molecular weight is 312 g/mol. The van der Waals surface area contributed by atoms with E-state index in [1.807, 2.05) is 0 Å². The molecule has 0 heterocycles. The minimum Gasteiger partial charge on any atom is -0.811 e. The topological polar surface area (TPSA) is 63.2 Å². The average Bonchev–Trinajstić information content (AvgIpc) is 2.19. The van der Waals surface area contributed by atoms with Gasteiger partial charge in [0.1, 0.15) is 0 Å². The molecule has 17 heavy (non-hydrogen) atoms. The Balaban J connectivity index is 0. The summed E-state index contributed by atoms with van der Waals surface area (Å²) in [6.45, 7) is 2.21. The third kappa shape index (κ3) is 19.2. The van der Waals surface area contributed by atoms with Crippen LogP contribution >= 0.6 is 7.60 Å². The summed E-state index contributed by atoms with van der Waals surface area (Å²) in [5.74, 6) is 0. The Morgan fingerprint density at radius 3 is 1.47 bits per heavy atom. The molecule has 0 saturated carbocycles. The minimum atomic E-state index is -4.24. The fraction of sp³-hybridized carbons (Fsp3) is 1.00. The summed E-state index contributed by atoms with van der Waals surface area (Å²) in [6.07, 6.45) is 11.3. The van der Waals surface area contributed by atoms with Crippen LogP contribution in [0.5, 0.6) is 0 Å². The van der Waals surface area contributed by atoms with E-state index in [1.54, 1.807) is 0 Å². The van der Waals surface area contributed by atoms with Crippen LogP contribution in [-0.4, -0.2) is 6.16 Å². The second-order valence-electron chi connectivity index (χ2n) is 4.52. The van der Waals surface area contributed by atoms with Crippen LogP contribution in [0.4, 0.5) is 0 Å². The fourth-order valence-electron chi connectivity index (χ4n) is 1.79. The molecule has 0 N–H and O–H groups in total. The van der Waals surface area contributed by atoms with Gasteiger partial charge in [0.2, 0.25) is 0 Å². The van der Waals surface area contributed by atoms with Crippen LogP contribution < -0.4 is 9.79 Å². The van der Waals surface area contributed by atoms with E-state index in [9.17, 15) is 14.4 Å². The smallest absolute Gasteiger partial charge is 0.811 e. The first kappa shape index (κ1) is 20.0. The molecule has 0 rings (SSSR count). The van der Waals surface area contributed by atoms with Crippen molar-refractivity contribution in [3.8, 4) is 0 Å². The van der Waals surface area contributed by atoms with Gasteiger partial charge in [-0.2, -0.15) is 0 Å². The summed E-state index contributed by atoms with van der Waals surface area (Å²) in [6, 6.07) is 0. The predicted octanol–water partition coefficient (Wildman–Crippen LogP) is 2.82. The molecule has 0 aliphatic heterocycles. The van der Waals surface area contributed by atoms with E-state index in [-0.39, 0.29) is 23.2 Å². The van der Waals surface area contributed by atoms with Gasteiger partial charge in [-0.25, -0.2) is 0 Å². The summed E-state index contributed by atoms with van der Waals surface area (Å²) in [5.41, 5.74) is 0. The van der Waals surface area contributed by atoms with Gasteiger partial charge in [-0.15, -0.1) is 0 Å². The van der Waals surface area contributed by atoms with E-state index >= 15 is 0 Å². The van der Waals surface area contributed by atoms with Crippen molar-refractivity contribution in [3.63, 3.8) is 0 Å². The van der Waals surface area contributed by atoms with Gasteiger partial charge in [0.15, 0.2) is 0 Å². The third-order valence-electron chi connectivity index (χ3n) is 2.79. The Kier molecular flexibility index (Phi) is 15.4. The van der Waals surface area contributed by atoms with Crippen LogP contribution in [-0.2, 0) is 21.6 Å². The van der Waals surface area contributed by atoms with Crippen molar-refractivity contribution < 1.29 is 31.4 Å². The number of hydrogen-bond donors (Lipinski definition) is 0. The molecule has 0 bridgehead atoms. The normalized spacial score (nSPS) is 11.2. The summed E-state index contributed by atoms with van der Waals surface area (Å²) in [4.78, 5) is 20.7. The molecule has 107 valence electrons. The van der Waals surface area contributed by atoms with E-state index in [0.717, 1.165) is 12.8 Å². The van der Waals surface area contributed by atoms with Gasteiger partial charge in [0.05, 0.1) is 0 Å². The summed E-state index contributed by atoms with van der Waals surface area (Å²) in [5, 5.41) is 0. The Bertz CT molecular complexity index is 194. The van der Waals surface area contributed by atoms with Gasteiger partial charge >= 0.3 is 17.1 Å². The molecule has 0 aromatic heterocycles. The zero-order chi connectivity index (χ0) is 12.3. The van der Waals surface area contributed by atoms with Crippen molar-refractivity contribution in [2.45, 2.75) is 71.1 Å². The molecule has 0 unspecified atom stereocenters. The number of hydrogen-bond acceptors (Lipinski definition) is 3. The first-order chi connectivity index (χ1) is 7.56. The molecule has 0 aromatic carbocycles. The van der Waals surface area contributed by atoms with E-state index in [0.29, 0.717) is 6.42 Å². The summed E-state index contributed by atoms with van der Waals surface area (Å²) >= 11 is 0. The van der Waals surface area contributed by atoms with Crippen LogP contribution in [0.1, 0.15) is 71.1 Å². The molecular weight excluding hydrogens is 287 g/mol. The molecule has 0 saturated heterocycles. The Hall–Kier alpha value is 0.669. The maximum Gasteiger partial charge on any atom is 2.00 e. The van der Waals surface area contributed by atoms with Crippen LogP contribution in [0.15, 0.2) is 0 Å². The molecule has 0 aliphatic carbocycles. The van der Waals surface area contributed by atoms with Crippen molar-refractivity contribution in [3.05, 3.63) is 0 Å². The van der Waals surface area contributed by atoms with Crippen LogP contribution in [0.25, 0.3) is 0 Å². The molecule has 0 amide bonds. The van der Waals surface area contributed by atoms with Gasteiger partial charge < -0.3 is 14.4 Å². The molecule has 0 aromatic rings. The molecular formula is C12H25CuO3P. The molecule has 5 heteroatoms. The Labute approximate surface area is 116 Å². The molecule has 1 radical (unpaired) electrons. The largest absolute Gasteiger partial charge is 2.00 e. The molecule has 0 aliphatic rings. The summed E-state index contributed by atoms with van der Waals surface area (Å²) < 4.78 is 10.3. The third-order valence-corrected chi connectivity index (χ3v) is 3.65. The SMILES string of the molecule is CCCCCCCCCCCCP(=O)([O-])[O-].[Cu+2]. The Morgan fingerprint density at radius 1 is 0.765 bits per heavy atom. The quantitative estimate of drug-likeness (QED) is 0.335. The minimum absolute atomic E-state index is 0. The van der Waals surface area contributed by atoms with Gasteiger partial charge in [-0.1, -0.05) is 72.3 Å². The van der Waals surface area contributed by atoms with Gasteiger partial charge in [0.25, 0.3) is 0 Å². The predicted molar refractivity (Wildman–Crippen MR) is 64.3 cm³/mol.